The van der Waals surface area contributed by atoms with Gasteiger partial charge in [-0.25, -0.2) is 4.39 Å². The summed E-state index contributed by atoms with van der Waals surface area (Å²) < 4.78 is 15.6. The van der Waals surface area contributed by atoms with Crippen molar-refractivity contribution in [2.75, 3.05) is 20.6 Å². The monoisotopic (exact) mass is 368 g/mol. The van der Waals surface area contributed by atoms with Crippen molar-refractivity contribution in [2.24, 2.45) is 0 Å². The van der Waals surface area contributed by atoms with Gasteiger partial charge >= 0.3 is 0 Å². The highest BCUT2D eigenvalue weighted by Gasteiger charge is 2.21. The maximum Gasteiger partial charge on any atom is 0.195 e. The third-order valence-corrected chi connectivity index (χ3v) is 4.20. The number of aliphatic hydroxyl groups is 1. The molecule has 0 spiro atoms. The number of hydrogen-bond acceptors (Lipinski definition) is 5. The lowest BCUT2D eigenvalue weighted by atomic mass is 10.0. The van der Waals surface area contributed by atoms with Gasteiger partial charge in [-0.1, -0.05) is 30.3 Å². The number of aliphatic hydroxyl groups excluding tert-OH is 1. The van der Waals surface area contributed by atoms with Crippen LogP contribution in [-0.2, 0) is 13.0 Å². The molecule has 0 atom stereocenters. The van der Waals surface area contributed by atoms with E-state index in [1.165, 1.54) is 18.2 Å². The summed E-state index contributed by atoms with van der Waals surface area (Å²) in [6.45, 7) is 0.373. The van der Waals surface area contributed by atoms with Crippen LogP contribution >= 0.6 is 0 Å². The van der Waals surface area contributed by atoms with Crippen LogP contribution in [0.3, 0.4) is 0 Å². The third-order valence-electron chi connectivity index (χ3n) is 4.20. The highest BCUT2D eigenvalue weighted by atomic mass is 19.1. The van der Waals surface area contributed by atoms with Crippen molar-refractivity contribution < 1.29 is 14.3 Å². The number of rotatable bonds is 7. The maximum atomic E-state index is 14.0. The summed E-state index contributed by atoms with van der Waals surface area (Å²) in [6.07, 6.45) is 0.566. The molecule has 0 bridgehead atoms. The van der Waals surface area contributed by atoms with Crippen LogP contribution in [0.15, 0.2) is 48.5 Å². The van der Waals surface area contributed by atoms with E-state index in [1.54, 1.807) is 28.8 Å². The Labute approximate surface area is 156 Å². The van der Waals surface area contributed by atoms with Gasteiger partial charge in [0.25, 0.3) is 0 Å². The fourth-order valence-electron chi connectivity index (χ4n) is 2.85. The lowest BCUT2D eigenvalue weighted by Gasteiger charge is -2.15. The van der Waals surface area contributed by atoms with Gasteiger partial charge in [-0.2, -0.15) is 0 Å². The topological polar surface area (TPSA) is 71.2 Å². The van der Waals surface area contributed by atoms with Crippen molar-refractivity contribution >= 4 is 5.78 Å². The second-order valence-corrected chi connectivity index (χ2v) is 6.44. The summed E-state index contributed by atoms with van der Waals surface area (Å²) in [6, 6.07) is 12.7. The molecule has 0 aliphatic rings. The summed E-state index contributed by atoms with van der Waals surface area (Å²) in [5.74, 6) is 0.0895. The van der Waals surface area contributed by atoms with Gasteiger partial charge in [0.1, 0.15) is 18.2 Å². The van der Waals surface area contributed by atoms with Gasteiger partial charge in [-0.05, 0) is 32.3 Å². The first-order valence-corrected chi connectivity index (χ1v) is 8.59. The van der Waals surface area contributed by atoms with E-state index in [2.05, 4.69) is 10.2 Å². The van der Waals surface area contributed by atoms with Crippen molar-refractivity contribution in [1.82, 2.24) is 19.7 Å². The van der Waals surface area contributed by atoms with E-state index in [9.17, 15) is 14.3 Å². The summed E-state index contributed by atoms with van der Waals surface area (Å²) in [5, 5.41) is 17.9. The summed E-state index contributed by atoms with van der Waals surface area (Å²) in [5.41, 5.74) is 1.10. The zero-order valence-corrected chi connectivity index (χ0v) is 15.3. The van der Waals surface area contributed by atoms with Crippen LogP contribution in [0.1, 0.15) is 27.6 Å². The van der Waals surface area contributed by atoms with E-state index in [0.717, 1.165) is 0 Å². The minimum atomic E-state index is -0.508. The Kier molecular flexibility index (Phi) is 5.73. The Hall–Kier alpha value is -2.90. The first-order chi connectivity index (χ1) is 13.0. The predicted octanol–water partition coefficient (Wildman–Crippen LogP) is 2.23. The van der Waals surface area contributed by atoms with Gasteiger partial charge in [-0.15, -0.1) is 10.2 Å². The average molecular weight is 368 g/mol. The number of halogens is 1. The summed E-state index contributed by atoms with van der Waals surface area (Å²) in [4.78, 5) is 15.0. The fraction of sp³-hybridized carbons (Fsp3) is 0.250. The van der Waals surface area contributed by atoms with Crippen LogP contribution < -0.4 is 0 Å². The second-order valence-electron chi connectivity index (χ2n) is 6.44. The van der Waals surface area contributed by atoms with E-state index >= 15 is 0 Å². The minimum absolute atomic E-state index is 0.196. The highest BCUT2D eigenvalue weighted by Crippen LogP contribution is 2.23. The molecule has 0 aliphatic heterocycles. The second kappa shape index (κ2) is 8.20. The Morgan fingerprint density at radius 3 is 2.48 bits per heavy atom. The maximum absolute atomic E-state index is 14.0. The third kappa shape index (κ3) is 4.10. The fourth-order valence-corrected chi connectivity index (χ4v) is 2.85. The van der Waals surface area contributed by atoms with Crippen LogP contribution in [0.5, 0.6) is 0 Å². The number of benzene rings is 2. The lowest BCUT2D eigenvalue weighted by molar-refractivity contribution is 0.103. The number of nitrogens with zero attached hydrogens (tertiary/aromatic N) is 4. The standard InChI is InChI=1S/C20H21FN4O2/c1-24(2)11-10-18-22-23-19(13-26)25(18)17-9-8-15(21)12-16(17)20(27)14-6-4-3-5-7-14/h3-9,12,26H,10-11,13H2,1-2H3. The molecule has 6 nitrogen and oxygen atoms in total. The van der Waals surface area contributed by atoms with Gasteiger partial charge in [-0.3, -0.25) is 9.36 Å². The van der Waals surface area contributed by atoms with Crippen molar-refractivity contribution in [3.63, 3.8) is 0 Å². The zero-order valence-electron chi connectivity index (χ0n) is 15.3. The van der Waals surface area contributed by atoms with Gasteiger partial charge < -0.3 is 10.0 Å². The molecule has 0 amide bonds. The average Bonchev–Trinajstić information content (AvgIpc) is 3.09. The number of ketones is 1. The zero-order chi connectivity index (χ0) is 19.4. The predicted molar refractivity (Wildman–Crippen MR) is 99.4 cm³/mol. The van der Waals surface area contributed by atoms with Crippen molar-refractivity contribution in [2.45, 2.75) is 13.0 Å². The molecule has 0 saturated heterocycles. The Bertz CT molecular complexity index is 938. The summed E-state index contributed by atoms with van der Waals surface area (Å²) in [7, 11) is 3.88. The molecule has 0 aliphatic carbocycles. The number of aromatic nitrogens is 3. The smallest absolute Gasteiger partial charge is 0.195 e. The summed E-state index contributed by atoms with van der Waals surface area (Å²) >= 11 is 0. The molecule has 2 aromatic carbocycles. The number of hydrogen-bond donors (Lipinski definition) is 1. The van der Waals surface area contributed by atoms with Crippen molar-refractivity contribution in [3.8, 4) is 5.69 Å². The molecule has 0 unspecified atom stereocenters. The van der Waals surface area contributed by atoms with Gasteiger partial charge in [0.2, 0.25) is 0 Å². The molecule has 3 aromatic rings. The van der Waals surface area contributed by atoms with Crippen LogP contribution in [0.4, 0.5) is 4.39 Å². The van der Waals surface area contributed by atoms with E-state index in [0.29, 0.717) is 35.9 Å². The lowest BCUT2D eigenvalue weighted by Crippen LogP contribution is -2.18. The van der Waals surface area contributed by atoms with E-state index in [1.807, 2.05) is 25.1 Å². The number of carbonyl (C=O) groups excluding carboxylic acids is 1. The number of likely N-dealkylation sites (N-methyl/N-ethyl adjacent to an activating group) is 1. The first-order valence-electron chi connectivity index (χ1n) is 8.59. The Balaban J connectivity index is 2.13. The molecule has 1 N–H and O–H groups in total. The molecular weight excluding hydrogens is 347 g/mol. The van der Waals surface area contributed by atoms with Crippen LogP contribution in [0.25, 0.3) is 5.69 Å². The molecule has 7 heteroatoms. The SMILES string of the molecule is CN(C)CCc1nnc(CO)n1-c1ccc(F)cc1C(=O)c1ccccc1. The molecule has 0 fully saturated rings. The molecule has 0 saturated carbocycles. The highest BCUT2D eigenvalue weighted by molar-refractivity contribution is 6.11. The minimum Gasteiger partial charge on any atom is -0.388 e. The van der Waals surface area contributed by atoms with Crippen molar-refractivity contribution in [3.05, 3.63) is 77.1 Å². The van der Waals surface area contributed by atoms with E-state index in [4.69, 9.17) is 0 Å². The van der Waals surface area contributed by atoms with E-state index < -0.39 is 5.82 Å². The van der Waals surface area contributed by atoms with Crippen LogP contribution in [-0.4, -0.2) is 51.2 Å². The molecule has 3 rings (SSSR count). The van der Waals surface area contributed by atoms with Crippen LogP contribution in [0, 0.1) is 5.82 Å². The molecule has 1 aromatic heterocycles. The van der Waals surface area contributed by atoms with E-state index in [-0.39, 0.29) is 18.0 Å². The normalized spacial score (nSPS) is 11.1. The van der Waals surface area contributed by atoms with Crippen LogP contribution in [0.2, 0.25) is 0 Å². The van der Waals surface area contributed by atoms with Gasteiger partial charge in [0, 0.05) is 24.1 Å². The number of carbonyl (C=O) groups is 1. The molecule has 0 radical (unpaired) electrons. The Morgan fingerprint density at radius 2 is 1.81 bits per heavy atom. The molecular formula is C20H21FN4O2. The quantitative estimate of drug-likeness (QED) is 0.648. The molecule has 1 heterocycles. The Morgan fingerprint density at radius 1 is 1.11 bits per heavy atom. The largest absolute Gasteiger partial charge is 0.388 e. The van der Waals surface area contributed by atoms with Gasteiger partial charge in [0.15, 0.2) is 11.6 Å². The van der Waals surface area contributed by atoms with Crippen molar-refractivity contribution in [1.29, 1.82) is 0 Å². The molecule has 27 heavy (non-hydrogen) atoms. The molecule has 140 valence electrons. The van der Waals surface area contributed by atoms with Gasteiger partial charge in [0.05, 0.1) is 5.69 Å². The first kappa shape index (κ1) is 18.9.